The molecular formula is C23H24BrNO2. The molecule has 0 fully saturated rings. The Balaban J connectivity index is 1.83. The van der Waals surface area contributed by atoms with E-state index in [0.29, 0.717) is 6.42 Å². The Bertz CT molecular complexity index is 845. The summed E-state index contributed by atoms with van der Waals surface area (Å²) in [5.41, 5.74) is 4.22. The Morgan fingerprint density at radius 2 is 1.48 bits per heavy atom. The number of aliphatic hydroxyl groups is 1. The summed E-state index contributed by atoms with van der Waals surface area (Å²) < 4.78 is 6.30. The fourth-order valence-corrected chi connectivity index (χ4v) is 3.27. The Hall–Kier alpha value is -2.30. The average molecular weight is 426 g/mol. The van der Waals surface area contributed by atoms with Gasteiger partial charge in [-0.05, 0) is 54.4 Å². The maximum atomic E-state index is 10.8. The number of rotatable bonds is 7. The minimum atomic E-state index is -0.555. The Labute approximate surface area is 169 Å². The van der Waals surface area contributed by atoms with Crippen molar-refractivity contribution in [3.8, 4) is 5.75 Å². The van der Waals surface area contributed by atoms with Crippen LogP contribution in [0.2, 0.25) is 0 Å². The van der Waals surface area contributed by atoms with Crippen molar-refractivity contribution in [3.05, 3.63) is 94.0 Å². The normalized spacial score (nSPS) is 13.0. The van der Waals surface area contributed by atoms with Crippen molar-refractivity contribution in [2.45, 2.75) is 25.5 Å². The fourth-order valence-electron chi connectivity index (χ4n) is 3.01. The Morgan fingerprint density at radius 1 is 0.889 bits per heavy atom. The van der Waals surface area contributed by atoms with Crippen molar-refractivity contribution in [3.63, 3.8) is 0 Å². The monoisotopic (exact) mass is 425 g/mol. The van der Waals surface area contributed by atoms with E-state index in [2.05, 4.69) is 21.2 Å². The summed E-state index contributed by atoms with van der Waals surface area (Å²) in [6.07, 6.45) is 0.00601. The van der Waals surface area contributed by atoms with E-state index in [1.807, 2.05) is 79.7 Å². The van der Waals surface area contributed by atoms with Crippen molar-refractivity contribution < 1.29 is 9.84 Å². The molecule has 0 saturated carbocycles. The minimum absolute atomic E-state index is 0.0339. The minimum Gasteiger partial charge on any atom is -0.497 e. The van der Waals surface area contributed by atoms with Gasteiger partial charge in [0.25, 0.3) is 0 Å². The van der Waals surface area contributed by atoms with E-state index in [-0.39, 0.29) is 6.04 Å². The van der Waals surface area contributed by atoms with Gasteiger partial charge < -0.3 is 15.2 Å². The highest BCUT2D eigenvalue weighted by atomic mass is 79.9. The first-order valence-corrected chi connectivity index (χ1v) is 9.75. The smallest absolute Gasteiger partial charge is 0.118 e. The second kappa shape index (κ2) is 9.07. The Morgan fingerprint density at radius 3 is 2.07 bits per heavy atom. The summed E-state index contributed by atoms with van der Waals surface area (Å²) >= 11 is 3.47. The summed E-state index contributed by atoms with van der Waals surface area (Å²) in [4.78, 5) is 0. The topological polar surface area (TPSA) is 41.5 Å². The molecule has 3 rings (SSSR count). The van der Waals surface area contributed by atoms with Gasteiger partial charge in [-0.2, -0.15) is 0 Å². The molecule has 2 N–H and O–H groups in total. The second-order valence-corrected chi connectivity index (χ2v) is 7.55. The number of benzene rings is 3. The predicted octanol–water partition coefficient (Wildman–Crippen LogP) is 6.04. The van der Waals surface area contributed by atoms with Crippen LogP contribution in [0.1, 0.15) is 35.3 Å². The van der Waals surface area contributed by atoms with Gasteiger partial charge in [-0.1, -0.05) is 57.9 Å². The van der Waals surface area contributed by atoms with E-state index in [0.717, 1.165) is 27.0 Å². The van der Waals surface area contributed by atoms with Crippen LogP contribution in [0.4, 0.5) is 5.69 Å². The zero-order chi connectivity index (χ0) is 19.2. The molecule has 27 heavy (non-hydrogen) atoms. The molecule has 3 aromatic carbocycles. The maximum absolute atomic E-state index is 10.8. The quantitative estimate of drug-likeness (QED) is 0.484. The van der Waals surface area contributed by atoms with Gasteiger partial charge in [-0.25, -0.2) is 0 Å². The maximum Gasteiger partial charge on any atom is 0.118 e. The molecule has 3 nitrogen and oxygen atoms in total. The third-order valence-corrected chi connectivity index (χ3v) is 5.15. The van der Waals surface area contributed by atoms with Crippen LogP contribution in [0.5, 0.6) is 5.75 Å². The fraction of sp³-hybridized carbons (Fsp3) is 0.217. The molecule has 0 spiro atoms. The molecule has 0 aliphatic heterocycles. The van der Waals surface area contributed by atoms with Gasteiger partial charge >= 0.3 is 0 Å². The number of methoxy groups -OCH3 is 1. The summed E-state index contributed by atoms with van der Waals surface area (Å²) in [6.45, 7) is 2.05. The van der Waals surface area contributed by atoms with Crippen LogP contribution in [0.25, 0.3) is 0 Å². The number of hydrogen-bond acceptors (Lipinski definition) is 3. The van der Waals surface area contributed by atoms with Gasteiger partial charge in [0.1, 0.15) is 5.75 Å². The van der Waals surface area contributed by atoms with E-state index < -0.39 is 6.10 Å². The molecular weight excluding hydrogens is 402 g/mol. The average Bonchev–Trinajstić information content (AvgIpc) is 2.69. The van der Waals surface area contributed by atoms with Gasteiger partial charge in [-0.3, -0.25) is 0 Å². The van der Waals surface area contributed by atoms with Gasteiger partial charge in [0.15, 0.2) is 0 Å². The molecule has 0 saturated heterocycles. The molecule has 0 bridgehead atoms. The molecule has 0 amide bonds. The lowest BCUT2D eigenvalue weighted by Gasteiger charge is -2.24. The van der Waals surface area contributed by atoms with Crippen LogP contribution in [0.3, 0.4) is 0 Å². The second-order valence-electron chi connectivity index (χ2n) is 6.64. The first-order valence-electron chi connectivity index (χ1n) is 8.96. The Kier molecular flexibility index (Phi) is 6.54. The number of ether oxygens (including phenoxy) is 1. The molecule has 4 heteroatoms. The van der Waals surface area contributed by atoms with E-state index in [4.69, 9.17) is 4.74 Å². The first kappa shape index (κ1) is 19.5. The molecule has 0 aliphatic rings. The van der Waals surface area contributed by atoms with Crippen LogP contribution >= 0.6 is 15.9 Å². The molecule has 140 valence electrons. The van der Waals surface area contributed by atoms with Crippen molar-refractivity contribution >= 4 is 21.6 Å². The van der Waals surface area contributed by atoms with Crippen LogP contribution in [0, 0.1) is 6.92 Å². The zero-order valence-electron chi connectivity index (χ0n) is 15.5. The van der Waals surface area contributed by atoms with Gasteiger partial charge in [0.05, 0.1) is 19.3 Å². The molecule has 2 unspecified atom stereocenters. The molecule has 0 aromatic heterocycles. The number of aryl methyl sites for hydroxylation is 1. The lowest BCUT2D eigenvalue weighted by molar-refractivity contribution is 0.160. The molecule has 0 heterocycles. The summed E-state index contributed by atoms with van der Waals surface area (Å²) in [5, 5.41) is 14.3. The van der Waals surface area contributed by atoms with E-state index >= 15 is 0 Å². The molecule has 2 atom stereocenters. The SMILES string of the molecule is COc1ccc(C(CC(O)c2ccc(C)cc2)Nc2ccc(Br)cc2)cc1. The van der Waals surface area contributed by atoms with Crippen LogP contribution in [-0.2, 0) is 0 Å². The lowest BCUT2D eigenvalue weighted by Crippen LogP contribution is -2.15. The summed E-state index contributed by atoms with van der Waals surface area (Å²) in [5.74, 6) is 0.820. The van der Waals surface area contributed by atoms with Gasteiger partial charge in [0.2, 0.25) is 0 Å². The predicted molar refractivity (Wildman–Crippen MR) is 114 cm³/mol. The van der Waals surface area contributed by atoms with Crippen LogP contribution in [-0.4, -0.2) is 12.2 Å². The third-order valence-electron chi connectivity index (χ3n) is 4.62. The van der Waals surface area contributed by atoms with Crippen molar-refractivity contribution in [1.82, 2.24) is 0 Å². The van der Waals surface area contributed by atoms with E-state index in [1.54, 1.807) is 7.11 Å². The van der Waals surface area contributed by atoms with E-state index in [9.17, 15) is 5.11 Å². The van der Waals surface area contributed by atoms with Crippen molar-refractivity contribution in [1.29, 1.82) is 0 Å². The van der Waals surface area contributed by atoms with Crippen LogP contribution in [0.15, 0.2) is 77.3 Å². The lowest BCUT2D eigenvalue weighted by atomic mass is 9.96. The summed E-state index contributed by atoms with van der Waals surface area (Å²) in [6, 6.07) is 24.0. The molecule has 0 radical (unpaired) electrons. The van der Waals surface area contributed by atoms with Crippen molar-refractivity contribution in [2.75, 3.05) is 12.4 Å². The molecule has 0 aliphatic carbocycles. The first-order chi connectivity index (χ1) is 13.0. The van der Waals surface area contributed by atoms with Crippen LogP contribution < -0.4 is 10.1 Å². The van der Waals surface area contributed by atoms with E-state index in [1.165, 1.54) is 5.56 Å². The number of anilines is 1. The number of nitrogens with one attached hydrogen (secondary N) is 1. The highest BCUT2D eigenvalue weighted by molar-refractivity contribution is 9.10. The molecule has 3 aromatic rings. The zero-order valence-corrected chi connectivity index (χ0v) is 17.1. The standard InChI is InChI=1S/C23H24BrNO2/c1-16-3-5-18(6-4-16)23(26)15-22(17-7-13-21(27-2)14-8-17)25-20-11-9-19(24)10-12-20/h3-14,22-23,25-26H,15H2,1-2H3. The summed E-state index contributed by atoms with van der Waals surface area (Å²) in [7, 11) is 1.66. The van der Waals surface area contributed by atoms with Crippen molar-refractivity contribution in [2.24, 2.45) is 0 Å². The highest BCUT2D eigenvalue weighted by Crippen LogP contribution is 2.31. The number of aliphatic hydroxyl groups excluding tert-OH is 1. The highest BCUT2D eigenvalue weighted by Gasteiger charge is 2.18. The van der Waals surface area contributed by atoms with Gasteiger partial charge in [-0.15, -0.1) is 0 Å². The third kappa shape index (κ3) is 5.34. The number of hydrogen-bond donors (Lipinski definition) is 2. The largest absolute Gasteiger partial charge is 0.497 e. The number of halogens is 1. The van der Waals surface area contributed by atoms with Gasteiger partial charge in [0, 0.05) is 16.6 Å².